The maximum atomic E-state index is 13.4. The minimum absolute atomic E-state index is 0.00509. The highest BCUT2D eigenvalue weighted by Crippen LogP contribution is 2.31. The Morgan fingerprint density at radius 3 is 2.49 bits per heavy atom. The maximum Gasteiger partial charge on any atom is 0.311 e. The van der Waals surface area contributed by atoms with Crippen molar-refractivity contribution < 1.29 is 28.4 Å². The summed E-state index contributed by atoms with van der Waals surface area (Å²) in [6.07, 6.45) is 4.34. The molecule has 10 heteroatoms. The Hall–Kier alpha value is -3.69. The molecule has 0 bridgehead atoms. The molecule has 3 rings (SSSR count). The van der Waals surface area contributed by atoms with Crippen molar-refractivity contribution >= 4 is 17.5 Å². The fourth-order valence-corrected chi connectivity index (χ4v) is 4.20. The van der Waals surface area contributed by atoms with Crippen LogP contribution in [0, 0.1) is 15.9 Å². The van der Waals surface area contributed by atoms with E-state index in [0.29, 0.717) is 12.0 Å². The summed E-state index contributed by atoms with van der Waals surface area (Å²) in [4.78, 5) is 38.3. The molecule has 0 saturated heterocycles. The fraction of sp³-hybridized carbons (Fsp3) is 0.440. The SMILES string of the molecule is CC[C@@H](C(=O)NC1CCCC1)N(Cc1ccc(F)cc1)C(=O)COc1ccc([N+](=O)[O-])c(OC)c1. The Kier molecular flexibility index (Phi) is 8.99. The van der Waals surface area contributed by atoms with Crippen molar-refractivity contribution in [2.45, 2.75) is 57.7 Å². The molecule has 0 radical (unpaired) electrons. The molecule has 9 nitrogen and oxygen atoms in total. The van der Waals surface area contributed by atoms with E-state index < -0.39 is 29.3 Å². The van der Waals surface area contributed by atoms with Crippen LogP contribution >= 0.6 is 0 Å². The molecule has 0 aliphatic heterocycles. The predicted molar refractivity (Wildman–Crippen MR) is 127 cm³/mol. The van der Waals surface area contributed by atoms with Crippen molar-refractivity contribution in [1.82, 2.24) is 10.2 Å². The van der Waals surface area contributed by atoms with Gasteiger partial charge in [-0.2, -0.15) is 0 Å². The van der Waals surface area contributed by atoms with Gasteiger partial charge < -0.3 is 19.7 Å². The van der Waals surface area contributed by atoms with Crippen molar-refractivity contribution in [3.8, 4) is 11.5 Å². The number of nitrogens with one attached hydrogen (secondary N) is 1. The number of amides is 2. The summed E-state index contributed by atoms with van der Waals surface area (Å²) in [7, 11) is 1.30. The van der Waals surface area contributed by atoms with Crippen molar-refractivity contribution in [2.24, 2.45) is 0 Å². The number of ether oxygens (including phenoxy) is 2. The molecule has 35 heavy (non-hydrogen) atoms. The first-order valence-corrected chi connectivity index (χ1v) is 11.6. The largest absolute Gasteiger partial charge is 0.490 e. The summed E-state index contributed by atoms with van der Waals surface area (Å²) < 4.78 is 24.0. The molecule has 0 spiro atoms. The van der Waals surface area contributed by atoms with Crippen LogP contribution in [0.25, 0.3) is 0 Å². The summed E-state index contributed by atoms with van der Waals surface area (Å²) >= 11 is 0. The molecule has 1 aliphatic rings. The van der Waals surface area contributed by atoms with Crippen LogP contribution in [0.1, 0.15) is 44.6 Å². The van der Waals surface area contributed by atoms with Gasteiger partial charge in [0.1, 0.15) is 17.6 Å². The molecular weight excluding hydrogens is 457 g/mol. The number of hydrogen-bond acceptors (Lipinski definition) is 6. The molecular formula is C25H30FN3O6. The minimum Gasteiger partial charge on any atom is -0.490 e. The van der Waals surface area contributed by atoms with Gasteiger partial charge in [-0.05, 0) is 43.0 Å². The second kappa shape index (κ2) is 12.1. The lowest BCUT2D eigenvalue weighted by molar-refractivity contribution is -0.385. The van der Waals surface area contributed by atoms with Gasteiger partial charge in [0.15, 0.2) is 6.61 Å². The van der Waals surface area contributed by atoms with Gasteiger partial charge in [0.2, 0.25) is 11.7 Å². The summed E-state index contributed by atoms with van der Waals surface area (Å²) in [5, 5.41) is 14.2. The monoisotopic (exact) mass is 487 g/mol. The van der Waals surface area contributed by atoms with Crippen molar-refractivity contribution in [3.05, 3.63) is 64.0 Å². The summed E-state index contributed by atoms with van der Waals surface area (Å²) in [5.41, 5.74) is 0.447. The first-order chi connectivity index (χ1) is 16.8. The summed E-state index contributed by atoms with van der Waals surface area (Å²) in [5.74, 6) is -0.850. The lowest BCUT2D eigenvalue weighted by Crippen LogP contribution is -2.52. The highest BCUT2D eigenvalue weighted by Gasteiger charge is 2.31. The fourth-order valence-electron chi connectivity index (χ4n) is 4.20. The highest BCUT2D eigenvalue weighted by molar-refractivity contribution is 5.88. The van der Waals surface area contributed by atoms with Crippen LogP contribution in [0.3, 0.4) is 0 Å². The second-order valence-electron chi connectivity index (χ2n) is 8.44. The lowest BCUT2D eigenvalue weighted by Gasteiger charge is -2.31. The Morgan fingerprint density at radius 1 is 1.20 bits per heavy atom. The van der Waals surface area contributed by atoms with Crippen LogP contribution in [0.4, 0.5) is 10.1 Å². The average Bonchev–Trinajstić information content (AvgIpc) is 3.36. The zero-order valence-corrected chi connectivity index (χ0v) is 19.9. The van der Waals surface area contributed by atoms with Crippen molar-refractivity contribution in [1.29, 1.82) is 0 Å². The number of nitrogens with zero attached hydrogens (tertiary/aromatic N) is 2. The molecule has 2 aromatic rings. The van der Waals surface area contributed by atoms with Gasteiger partial charge in [0.05, 0.1) is 12.0 Å². The summed E-state index contributed by atoms with van der Waals surface area (Å²) in [6.45, 7) is 1.53. The number of rotatable bonds is 11. The van der Waals surface area contributed by atoms with Crippen molar-refractivity contribution in [2.75, 3.05) is 13.7 Å². The van der Waals surface area contributed by atoms with E-state index in [0.717, 1.165) is 25.7 Å². The third-order valence-corrected chi connectivity index (χ3v) is 6.06. The van der Waals surface area contributed by atoms with E-state index in [1.165, 1.54) is 42.3 Å². The number of hydrogen-bond donors (Lipinski definition) is 1. The Labute approximate surface area is 203 Å². The van der Waals surface area contributed by atoms with Gasteiger partial charge in [-0.15, -0.1) is 0 Å². The quantitative estimate of drug-likeness (QED) is 0.379. The molecule has 0 heterocycles. The van der Waals surface area contributed by atoms with Crippen LogP contribution in [0.5, 0.6) is 11.5 Å². The van der Waals surface area contributed by atoms with Crippen LogP contribution in [-0.2, 0) is 16.1 Å². The number of benzene rings is 2. The Morgan fingerprint density at radius 2 is 1.89 bits per heavy atom. The first-order valence-electron chi connectivity index (χ1n) is 11.6. The van der Waals surface area contributed by atoms with Gasteiger partial charge in [-0.1, -0.05) is 31.9 Å². The molecule has 2 aromatic carbocycles. The number of halogens is 1. The minimum atomic E-state index is -0.733. The molecule has 0 unspecified atom stereocenters. The van der Waals surface area contributed by atoms with E-state index in [1.54, 1.807) is 12.1 Å². The van der Waals surface area contributed by atoms with Crippen molar-refractivity contribution in [3.63, 3.8) is 0 Å². The van der Waals surface area contributed by atoms with E-state index in [2.05, 4.69) is 5.32 Å². The zero-order chi connectivity index (χ0) is 25.4. The number of methoxy groups -OCH3 is 1. The predicted octanol–water partition coefficient (Wildman–Crippen LogP) is 3.99. The first kappa shape index (κ1) is 25.9. The second-order valence-corrected chi connectivity index (χ2v) is 8.44. The molecule has 2 amide bonds. The van der Waals surface area contributed by atoms with Crippen LogP contribution in [-0.4, -0.2) is 47.4 Å². The molecule has 1 atom stereocenters. The Balaban J connectivity index is 1.77. The van der Waals surface area contributed by atoms with E-state index in [-0.39, 0.29) is 35.7 Å². The normalized spacial score (nSPS) is 14.3. The van der Waals surface area contributed by atoms with E-state index in [4.69, 9.17) is 9.47 Å². The topological polar surface area (TPSA) is 111 Å². The third kappa shape index (κ3) is 6.91. The number of nitro groups is 1. The molecule has 1 fully saturated rings. The van der Waals surface area contributed by atoms with Gasteiger partial charge in [-0.3, -0.25) is 19.7 Å². The smallest absolute Gasteiger partial charge is 0.311 e. The average molecular weight is 488 g/mol. The third-order valence-electron chi connectivity index (χ3n) is 6.06. The van der Waals surface area contributed by atoms with Gasteiger partial charge in [0, 0.05) is 24.7 Å². The van der Waals surface area contributed by atoms with Gasteiger partial charge >= 0.3 is 5.69 Å². The van der Waals surface area contributed by atoms with Crippen LogP contribution < -0.4 is 14.8 Å². The van der Waals surface area contributed by atoms with Gasteiger partial charge in [-0.25, -0.2) is 4.39 Å². The number of carbonyl (C=O) groups is 2. The lowest BCUT2D eigenvalue weighted by atomic mass is 10.1. The van der Waals surface area contributed by atoms with E-state index in [1.807, 2.05) is 6.92 Å². The molecule has 1 saturated carbocycles. The molecule has 1 N–H and O–H groups in total. The van der Waals surface area contributed by atoms with E-state index >= 15 is 0 Å². The molecule has 188 valence electrons. The van der Waals surface area contributed by atoms with Crippen LogP contribution in [0.15, 0.2) is 42.5 Å². The molecule has 0 aromatic heterocycles. The standard InChI is InChI=1S/C25H30FN3O6/c1-3-21(25(31)27-19-6-4-5-7-19)28(15-17-8-10-18(26)11-9-17)24(30)16-35-20-12-13-22(29(32)33)23(14-20)34-2/h8-14,19,21H,3-7,15-16H2,1-2H3,(H,27,31)/t21-/m0/s1. The number of carbonyl (C=O) groups excluding carboxylic acids is 2. The Bertz CT molecular complexity index is 1040. The van der Waals surface area contributed by atoms with E-state index in [9.17, 15) is 24.1 Å². The van der Waals surface area contributed by atoms with Gasteiger partial charge in [0.25, 0.3) is 5.91 Å². The highest BCUT2D eigenvalue weighted by atomic mass is 19.1. The molecule has 1 aliphatic carbocycles. The summed E-state index contributed by atoms with van der Waals surface area (Å²) in [6, 6.07) is 9.06. The zero-order valence-electron chi connectivity index (χ0n) is 19.9. The number of nitro benzene ring substituents is 1. The van der Waals surface area contributed by atoms with Crippen LogP contribution in [0.2, 0.25) is 0 Å². The maximum absolute atomic E-state index is 13.4.